The second kappa shape index (κ2) is 6.46. The van der Waals surface area contributed by atoms with Gasteiger partial charge in [-0.1, -0.05) is 28.1 Å². The summed E-state index contributed by atoms with van der Waals surface area (Å²) in [5.74, 6) is 0.0410. The lowest BCUT2D eigenvalue weighted by molar-refractivity contribution is 0.0695. The zero-order valence-corrected chi connectivity index (χ0v) is 10.5. The molecule has 0 aromatic heterocycles. The van der Waals surface area contributed by atoms with Gasteiger partial charge in [-0.25, -0.2) is 4.79 Å². The average molecular weight is 313 g/mol. The molecular weight excluding hydrogens is 304 g/mol. The van der Waals surface area contributed by atoms with E-state index in [4.69, 9.17) is 9.66 Å². The van der Waals surface area contributed by atoms with Gasteiger partial charge in [0, 0.05) is 0 Å². The summed E-state index contributed by atoms with van der Waals surface area (Å²) in [6, 6.07) is 5.06. The average Bonchev–Trinajstić information content (AvgIpc) is 2.19. The highest BCUT2D eigenvalue weighted by Crippen LogP contribution is 2.18. The Bertz CT molecular complexity index is 455. The zero-order valence-electron chi connectivity index (χ0n) is 8.12. The third-order valence-electron chi connectivity index (χ3n) is 1.31. The Balaban J connectivity index is 0.00000106. The highest BCUT2D eigenvalue weighted by molar-refractivity contribution is 9.08. The number of halogens is 1. The minimum absolute atomic E-state index is 0.342. The fraction of sp³-hybridized carbons (Fsp3) is 0.125. The molecule has 1 rings (SSSR count). The fourth-order valence-corrected chi connectivity index (χ4v) is 1.20. The topological polar surface area (TPSA) is 101 Å². The molecule has 0 aliphatic carbocycles. The summed E-state index contributed by atoms with van der Waals surface area (Å²) in [6.07, 6.45) is 0. The molecular formula is C8H9BrO6S. The van der Waals surface area contributed by atoms with Gasteiger partial charge in [0.15, 0.2) is 5.75 Å². The Morgan fingerprint density at radius 2 is 1.81 bits per heavy atom. The molecule has 8 heteroatoms. The molecule has 6 nitrogen and oxygen atoms in total. The first-order chi connectivity index (χ1) is 7.40. The number of hydrogen-bond donors (Lipinski definition) is 2. The van der Waals surface area contributed by atoms with E-state index in [9.17, 15) is 13.2 Å². The van der Waals surface area contributed by atoms with E-state index in [-0.39, 0.29) is 5.56 Å². The molecule has 16 heavy (non-hydrogen) atoms. The molecule has 1 aromatic carbocycles. The second-order valence-corrected chi connectivity index (χ2v) is 3.33. The van der Waals surface area contributed by atoms with Crippen molar-refractivity contribution in [3.8, 4) is 5.75 Å². The van der Waals surface area contributed by atoms with E-state index < -0.39 is 22.1 Å². The molecule has 0 aliphatic heterocycles. The highest BCUT2D eigenvalue weighted by atomic mass is 79.9. The number of alkyl halides is 1. The van der Waals surface area contributed by atoms with Crippen LogP contribution in [0.25, 0.3) is 0 Å². The third-order valence-corrected chi connectivity index (χ3v) is 1.70. The predicted molar refractivity (Wildman–Crippen MR) is 60.4 cm³/mol. The molecule has 0 unspecified atom stereocenters. The molecule has 2 N–H and O–H groups in total. The molecule has 0 saturated heterocycles. The van der Waals surface area contributed by atoms with Gasteiger partial charge in [0.2, 0.25) is 0 Å². The largest absolute Gasteiger partial charge is 0.478 e. The zero-order chi connectivity index (χ0) is 12.8. The first kappa shape index (κ1) is 14.9. The lowest BCUT2D eigenvalue weighted by Crippen LogP contribution is -2.10. The van der Waals surface area contributed by atoms with Crippen LogP contribution in [0.3, 0.4) is 0 Å². The number of carboxylic acid groups (broad SMARTS) is 1. The van der Waals surface area contributed by atoms with Crippen molar-refractivity contribution in [2.45, 2.75) is 0 Å². The van der Waals surface area contributed by atoms with Crippen LogP contribution >= 0.6 is 15.9 Å². The Kier molecular flexibility index (Phi) is 6.01. The lowest BCUT2D eigenvalue weighted by atomic mass is 10.2. The molecule has 0 heterocycles. The second-order valence-electron chi connectivity index (χ2n) is 2.31. The molecule has 0 saturated carbocycles. The Labute approximate surface area is 101 Å². The summed E-state index contributed by atoms with van der Waals surface area (Å²) in [7, 11) is -4.70. The minimum Gasteiger partial charge on any atom is -0.478 e. The molecule has 0 aliphatic rings. The third kappa shape index (κ3) is 5.10. The molecule has 0 atom stereocenters. The van der Waals surface area contributed by atoms with Crippen LogP contribution in [0, 0.1) is 0 Å². The van der Waals surface area contributed by atoms with Gasteiger partial charge in [-0.3, -0.25) is 4.55 Å². The van der Waals surface area contributed by atoms with Gasteiger partial charge >= 0.3 is 16.4 Å². The fourth-order valence-electron chi connectivity index (χ4n) is 0.829. The first-order valence-electron chi connectivity index (χ1n) is 3.77. The van der Waals surface area contributed by atoms with E-state index in [1.54, 1.807) is 0 Å². The van der Waals surface area contributed by atoms with Crippen molar-refractivity contribution in [1.82, 2.24) is 0 Å². The Morgan fingerprint density at radius 1 is 1.31 bits per heavy atom. The number of para-hydroxylation sites is 1. The normalized spacial score (nSPS) is 9.94. The summed E-state index contributed by atoms with van der Waals surface area (Å²) in [6.45, 7) is 0. The summed E-state index contributed by atoms with van der Waals surface area (Å²) in [4.78, 5) is 10.6. The first-order valence-corrected chi connectivity index (χ1v) is 6.72. The van der Waals surface area contributed by atoms with Crippen LogP contribution in [0.15, 0.2) is 24.3 Å². The van der Waals surface area contributed by atoms with Crippen LogP contribution in [-0.4, -0.2) is 29.9 Å². The van der Waals surface area contributed by atoms with Gasteiger partial charge in [0.1, 0.15) is 5.56 Å². The van der Waals surface area contributed by atoms with E-state index in [1.807, 2.05) is 5.83 Å². The van der Waals surface area contributed by atoms with Crippen LogP contribution in [0.5, 0.6) is 5.75 Å². The van der Waals surface area contributed by atoms with Crippen LogP contribution in [0.2, 0.25) is 0 Å². The molecule has 90 valence electrons. The van der Waals surface area contributed by atoms with Crippen molar-refractivity contribution in [2.75, 3.05) is 5.83 Å². The quantitative estimate of drug-likeness (QED) is 0.649. The number of benzene rings is 1. The molecule has 0 spiro atoms. The maximum Gasteiger partial charge on any atom is 0.446 e. The van der Waals surface area contributed by atoms with Gasteiger partial charge in [0.25, 0.3) is 0 Å². The van der Waals surface area contributed by atoms with Gasteiger partial charge < -0.3 is 9.29 Å². The van der Waals surface area contributed by atoms with Gasteiger partial charge in [-0.15, -0.1) is 0 Å². The van der Waals surface area contributed by atoms with Crippen molar-refractivity contribution in [1.29, 1.82) is 0 Å². The minimum atomic E-state index is -4.70. The van der Waals surface area contributed by atoms with Crippen LogP contribution in [-0.2, 0) is 10.4 Å². The number of aromatic carboxylic acids is 1. The number of carbonyl (C=O) groups is 1. The molecule has 0 radical (unpaired) electrons. The van der Waals surface area contributed by atoms with E-state index in [2.05, 4.69) is 20.1 Å². The maximum atomic E-state index is 10.6. The molecule has 1 aromatic rings. The molecule has 0 fully saturated rings. The van der Waals surface area contributed by atoms with Crippen molar-refractivity contribution in [3.63, 3.8) is 0 Å². The van der Waals surface area contributed by atoms with E-state index in [0.29, 0.717) is 0 Å². The van der Waals surface area contributed by atoms with Gasteiger partial charge in [-0.2, -0.15) is 8.42 Å². The summed E-state index contributed by atoms with van der Waals surface area (Å²) >= 11 is 2.94. The van der Waals surface area contributed by atoms with Crippen molar-refractivity contribution in [2.24, 2.45) is 0 Å². The standard InChI is InChI=1S/C7H6O6S.CH3Br/c8-7(9)5-3-1-2-4-6(5)13-14(10,11)12;1-2/h1-4H,(H,8,9)(H,10,11,12);1H3. The van der Waals surface area contributed by atoms with E-state index >= 15 is 0 Å². The van der Waals surface area contributed by atoms with Crippen LogP contribution in [0.1, 0.15) is 10.4 Å². The van der Waals surface area contributed by atoms with Crippen molar-refractivity contribution >= 4 is 32.3 Å². The number of hydrogen-bond acceptors (Lipinski definition) is 4. The molecule has 0 amide bonds. The smallest absolute Gasteiger partial charge is 0.446 e. The van der Waals surface area contributed by atoms with Crippen molar-refractivity contribution < 1.29 is 27.1 Å². The predicted octanol–water partition coefficient (Wildman–Crippen LogP) is 1.58. The van der Waals surface area contributed by atoms with E-state index in [0.717, 1.165) is 12.1 Å². The van der Waals surface area contributed by atoms with Gasteiger partial charge in [0.05, 0.1) is 0 Å². The lowest BCUT2D eigenvalue weighted by Gasteiger charge is -2.03. The van der Waals surface area contributed by atoms with Crippen LogP contribution < -0.4 is 4.18 Å². The Hall–Kier alpha value is -1.12. The summed E-state index contributed by atoms with van der Waals surface area (Å²) in [5, 5.41) is 8.61. The monoisotopic (exact) mass is 312 g/mol. The summed E-state index contributed by atoms with van der Waals surface area (Å²) < 4.78 is 33.0. The van der Waals surface area contributed by atoms with Crippen molar-refractivity contribution in [3.05, 3.63) is 29.8 Å². The van der Waals surface area contributed by atoms with Gasteiger partial charge in [-0.05, 0) is 18.0 Å². The maximum absolute atomic E-state index is 10.6. The number of rotatable bonds is 3. The van der Waals surface area contributed by atoms with E-state index in [1.165, 1.54) is 12.1 Å². The SMILES string of the molecule is CBr.O=C(O)c1ccccc1OS(=O)(=O)O. The Morgan fingerprint density at radius 3 is 2.25 bits per heavy atom. The summed E-state index contributed by atoms with van der Waals surface area (Å²) in [5.41, 5.74) is -0.342. The highest BCUT2D eigenvalue weighted by Gasteiger charge is 2.15. The number of carboxylic acids is 1. The molecule has 0 bridgehead atoms. The van der Waals surface area contributed by atoms with Crippen LogP contribution in [0.4, 0.5) is 0 Å².